The fraction of sp³-hybridized carbons (Fsp3) is 0.493. The number of phosphoric ester groups is 4. The minimum Gasteiger partial charge on any atom is -0.481 e. The number of ketones is 8. The zero-order chi connectivity index (χ0) is 88.9. The molecule has 646 valence electrons. The highest BCUT2D eigenvalue weighted by atomic mass is 31.2. The molecular formula is C75H105N7O31P4. The Bertz CT molecular complexity index is 4350. The molecule has 4 aromatic rings. The molecule has 38 nitrogen and oxygen atoms in total. The molecule has 14 atom stereocenters. The topological polar surface area (TPSA) is 624 Å². The van der Waals surface area contributed by atoms with Crippen molar-refractivity contribution in [2.45, 2.75) is 189 Å². The maximum Gasteiger partial charge on any atom is 0.524 e. The molecule has 0 saturated heterocycles. The summed E-state index contributed by atoms with van der Waals surface area (Å²) < 4.78 is 63.2. The number of hydrogen-bond donors (Lipinski definition) is 16. The summed E-state index contributed by atoms with van der Waals surface area (Å²) in [5.41, 5.74) is 7.48. The maximum atomic E-state index is 14.1. The monoisotopic (exact) mass is 1720 g/mol. The van der Waals surface area contributed by atoms with Crippen LogP contribution in [0.3, 0.4) is 0 Å². The van der Waals surface area contributed by atoms with Crippen LogP contribution in [0.4, 0.5) is 0 Å². The van der Waals surface area contributed by atoms with E-state index in [1.807, 2.05) is 0 Å². The van der Waals surface area contributed by atoms with Crippen molar-refractivity contribution in [1.29, 1.82) is 0 Å². The van der Waals surface area contributed by atoms with Crippen LogP contribution in [-0.2, 0) is 111 Å². The van der Waals surface area contributed by atoms with E-state index in [0.717, 1.165) is 0 Å². The van der Waals surface area contributed by atoms with Crippen molar-refractivity contribution >= 4 is 113 Å². The van der Waals surface area contributed by atoms with E-state index >= 15 is 0 Å². The smallest absolute Gasteiger partial charge is 0.481 e. The highest BCUT2D eigenvalue weighted by Crippen LogP contribution is 2.41. The van der Waals surface area contributed by atoms with Crippen molar-refractivity contribution < 1.29 is 148 Å². The van der Waals surface area contributed by atoms with Crippen molar-refractivity contribution in [1.82, 2.24) is 31.9 Å². The Kier molecular flexibility index (Phi) is 40.8. The van der Waals surface area contributed by atoms with Crippen LogP contribution in [-0.4, -0.2) is 175 Å². The van der Waals surface area contributed by atoms with Gasteiger partial charge in [0.05, 0.1) is 48.2 Å². The molecule has 117 heavy (non-hydrogen) atoms. The molecule has 0 radical (unpaired) electrons. The Balaban J connectivity index is 0.000000892. The number of nitrogens with two attached hydrogens (primary N) is 1. The summed E-state index contributed by atoms with van der Waals surface area (Å²) in [4.78, 5) is 255. The van der Waals surface area contributed by atoms with Crippen LogP contribution in [0.25, 0.3) is 0 Å². The summed E-state index contributed by atoms with van der Waals surface area (Å²) in [6.45, 7) is 15.7. The van der Waals surface area contributed by atoms with E-state index in [1.165, 1.54) is 166 Å². The van der Waals surface area contributed by atoms with Crippen LogP contribution >= 0.6 is 31.3 Å². The number of amides is 5. The lowest BCUT2D eigenvalue weighted by atomic mass is 9.90. The summed E-state index contributed by atoms with van der Waals surface area (Å²) in [5, 5.41) is 24.7. The number of rotatable bonds is 50. The summed E-state index contributed by atoms with van der Waals surface area (Å²) in [6, 6.07) is 14.0. The van der Waals surface area contributed by atoms with Gasteiger partial charge in [0.25, 0.3) is 0 Å². The molecule has 0 aliphatic carbocycles. The summed E-state index contributed by atoms with van der Waals surface area (Å²) in [7, 11) is -17.8. The van der Waals surface area contributed by atoms with E-state index in [1.54, 1.807) is 14.0 Å². The van der Waals surface area contributed by atoms with E-state index in [4.69, 9.17) is 30.4 Å². The molecule has 4 rings (SSSR count). The van der Waals surface area contributed by atoms with E-state index in [-0.39, 0.29) is 85.9 Å². The van der Waals surface area contributed by atoms with Gasteiger partial charge in [0, 0.05) is 80.5 Å². The highest BCUT2D eigenvalue weighted by Gasteiger charge is 2.35. The van der Waals surface area contributed by atoms with Crippen molar-refractivity contribution in [2.75, 3.05) is 7.05 Å². The molecule has 4 aromatic carbocycles. The first-order valence-electron chi connectivity index (χ1n) is 36.8. The number of nitrogens with one attached hydrogen (secondary N) is 6. The average Bonchev–Trinajstić information content (AvgIpc) is 0.871. The predicted octanol–water partition coefficient (Wildman–Crippen LogP) is 4.07. The maximum absolute atomic E-state index is 14.1. The third kappa shape index (κ3) is 39.3. The molecule has 0 fully saturated rings. The summed E-state index contributed by atoms with van der Waals surface area (Å²) >= 11 is 0. The van der Waals surface area contributed by atoms with Gasteiger partial charge in [-0.2, -0.15) is 0 Å². The first-order valence-corrected chi connectivity index (χ1v) is 42.9. The van der Waals surface area contributed by atoms with Gasteiger partial charge >= 0.3 is 37.3 Å². The Morgan fingerprint density at radius 3 is 0.838 bits per heavy atom. The van der Waals surface area contributed by atoms with Gasteiger partial charge in [-0.25, -0.2) is 18.3 Å². The molecule has 5 amide bonds. The number of aliphatic carboxylic acids is 1. The average molecular weight is 1720 g/mol. The first kappa shape index (κ1) is 102. The predicted molar refractivity (Wildman–Crippen MR) is 419 cm³/mol. The van der Waals surface area contributed by atoms with E-state index in [0.29, 0.717) is 22.3 Å². The van der Waals surface area contributed by atoms with Gasteiger partial charge in [0.15, 0.2) is 28.9 Å². The fourth-order valence-corrected chi connectivity index (χ4v) is 12.7. The van der Waals surface area contributed by atoms with E-state index in [2.05, 4.69) is 50.0 Å². The van der Waals surface area contributed by atoms with Crippen LogP contribution in [0.15, 0.2) is 97.1 Å². The minimum absolute atomic E-state index is 0.0558. The van der Waals surface area contributed by atoms with Crippen LogP contribution in [0.2, 0.25) is 0 Å². The standard InChI is InChI=1S/C54H74N5O22P3.C21H31N2O9P/c1-29(36(8)60)21-49(64)44(26-38-11-17-42(18-12-38)80-83(73,74)75)58-53(68)31(3)23-47(62)34(6)57-54(69)40(25-37-9-15-41(16-10-37)79-82(70,71)72)28-48(63)35(7)56-51(66)32(4)24-50(65)45(59-52(67)30(2)22-46(61)33(5)55)27-39-13-19-43(20-14-39)81-84(76,77)78;1-12(21(27)28)9-18(24)14(3)23-20(26)16(11-19(25)13(2)22-4)10-15-5-7-17(8-6-15)32-33(29,30)31/h9-20,29-35,40,44-45H,21-28,55H2,1-8H3,(H,56,66)(H,57,69)(H,58,68)(H,59,67)(H2,70,71,72)(H2,73,74,75)(H2,76,77,78);5-8,12-14,16,22H,9-11H2,1-4H3,(H,23,26)(H,27,28)(H2,29,30,31)/t29-,30-,31-,32-,33+,34+,35+,40-,44+,45+;12-,13+,14+,16-/m11/s1. The second-order valence-electron chi connectivity index (χ2n) is 28.9. The molecule has 0 aliphatic rings. The van der Waals surface area contributed by atoms with Crippen molar-refractivity contribution in [2.24, 2.45) is 47.2 Å². The first-order chi connectivity index (χ1) is 54.0. The van der Waals surface area contributed by atoms with Crippen LogP contribution in [0, 0.1) is 41.4 Å². The highest BCUT2D eigenvalue weighted by molar-refractivity contribution is 7.47. The fourth-order valence-electron chi connectivity index (χ4n) is 11.1. The Morgan fingerprint density at radius 1 is 0.325 bits per heavy atom. The number of hydrogen-bond acceptors (Lipinski definition) is 24. The number of carboxylic acid groups (broad SMARTS) is 1. The lowest BCUT2D eigenvalue weighted by Gasteiger charge is -2.24. The lowest BCUT2D eigenvalue weighted by Crippen LogP contribution is -2.48. The number of carbonyl (C=O) groups excluding carboxylic acids is 13. The molecule has 0 aliphatic heterocycles. The second-order valence-corrected chi connectivity index (χ2v) is 33.5. The van der Waals surface area contributed by atoms with Crippen LogP contribution < -0.4 is 55.7 Å². The van der Waals surface area contributed by atoms with Gasteiger partial charge in [-0.3, -0.25) is 106 Å². The van der Waals surface area contributed by atoms with Crippen LogP contribution in [0.1, 0.15) is 143 Å². The quantitative estimate of drug-likeness (QED) is 0.0277. The van der Waals surface area contributed by atoms with Crippen LogP contribution in [0.5, 0.6) is 23.0 Å². The van der Waals surface area contributed by atoms with Gasteiger partial charge < -0.3 is 60.8 Å². The number of carboxylic acids is 1. The van der Waals surface area contributed by atoms with Crippen molar-refractivity contribution in [3.05, 3.63) is 119 Å². The van der Waals surface area contributed by atoms with Gasteiger partial charge in [0.1, 0.15) is 40.3 Å². The van der Waals surface area contributed by atoms with Gasteiger partial charge in [-0.15, -0.1) is 0 Å². The van der Waals surface area contributed by atoms with Crippen molar-refractivity contribution in [3.8, 4) is 23.0 Å². The molecule has 0 saturated carbocycles. The number of likely N-dealkylation sites (N-methyl/N-ethyl adjacent to an activating group) is 1. The minimum atomic E-state index is -4.95. The molecule has 42 heteroatoms. The van der Waals surface area contributed by atoms with Gasteiger partial charge in [-0.1, -0.05) is 83.1 Å². The zero-order valence-electron chi connectivity index (χ0n) is 66.5. The Morgan fingerprint density at radius 2 is 0.564 bits per heavy atom. The van der Waals surface area contributed by atoms with E-state index in [9.17, 15) is 105 Å². The Hall–Kier alpha value is -9.22. The van der Waals surface area contributed by atoms with Gasteiger partial charge in [0.2, 0.25) is 29.5 Å². The normalized spacial score (nSPS) is 15.3. The summed E-state index contributed by atoms with van der Waals surface area (Å²) in [6.07, 6.45) is -2.73. The number of phosphoric acid groups is 4. The SMILES string of the molecule is CC(=O)[C@H](C)CC(=O)[C@H](Cc1ccc(OP(=O)(O)O)cc1)NC(=O)[C@H](C)CC(=O)[C@H](C)NC(=O)[C@@H](CC(=O)[C@H](C)NC(=O)[C@H](C)CC(=O)[C@H](Cc1ccc(OP(=O)(O)O)cc1)NC(=O)[C@H](C)CC(=O)[C@H](C)N)Cc1ccc(OP(=O)(O)O)cc1.CN[C@@H](C)C(=O)C[C@@H](Cc1ccc(OP(=O)(O)O)cc1)C(=O)N[C@@H](C)C(=O)C[C@@H](C)C(=O)O. The number of benzene rings is 4. The molecule has 17 N–H and O–H groups in total. The molecule has 0 aromatic heterocycles. The van der Waals surface area contributed by atoms with E-state index < -0.39 is 204 Å². The number of carbonyl (C=O) groups is 14. The lowest BCUT2D eigenvalue weighted by molar-refractivity contribution is -0.143. The third-order valence-corrected chi connectivity index (χ3v) is 20.2. The van der Waals surface area contributed by atoms with Crippen molar-refractivity contribution in [3.63, 3.8) is 0 Å². The van der Waals surface area contributed by atoms with Gasteiger partial charge in [-0.05, 0) is 145 Å². The molecular weight excluding hydrogens is 1620 g/mol. The third-order valence-electron chi connectivity index (χ3n) is 18.4. The Labute approximate surface area is 675 Å². The second kappa shape index (κ2) is 46.8. The molecule has 0 spiro atoms. The number of Topliss-reactive ketones (excluding diaryl/α,β-unsaturated/α-hetero) is 8. The molecule has 0 heterocycles. The molecule has 0 unspecified atom stereocenters. The zero-order valence-corrected chi connectivity index (χ0v) is 70.0. The molecule has 0 bridgehead atoms. The summed E-state index contributed by atoms with van der Waals surface area (Å²) in [5.74, 6) is -16.0. The largest absolute Gasteiger partial charge is 0.524 e.